The molecule has 1 heterocycles. The molecule has 0 radical (unpaired) electrons. The van der Waals surface area contributed by atoms with E-state index in [-0.39, 0.29) is 21.9 Å². The first-order valence-electron chi connectivity index (χ1n) is 11.3. The molecule has 1 aliphatic heterocycles. The van der Waals surface area contributed by atoms with Crippen LogP contribution in [-0.2, 0) is 19.6 Å². The fourth-order valence-corrected chi connectivity index (χ4v) is 4.51. The van der Waals surface area contributed by atoms with Crippen LogP contribution in [0, 0.1) is 5.92 Å². The second-order valence-electron chi connectivity index (χ2n) is 8.85. The van der Waals surface area contributed by atoms with E-state index in [2.05, 4.69) is 0 Å². The standard InChI is InChI=1S/C27H26N2O6S/c1-17(2)16-35-21-10-6-9-19(15-21)25(30)23-24(18-7-4-3-5-8-18)29(27(32)26(23)31)20-11-13-22(14-12-20)36(28,33)34/h3-15,17,24,30H,16H2,1-2H3,(H2,28,33,34)/b25-23+. The van der Waals surface area contributed by atoms with Crippen LogP contribution in [0.3, 0.4) is 0 Å². The van der Waals surface area contributed by atoms with E-state index < -0.39 is 27.8 Å². The molecule has 3 aromatic rings. The zero-order chi connectivity index (χ0) is 26.0. The molecule has 0 saturated carbocycles. The monoisotopic (exact) mass is 506 g/mol. The fraction of sp³-hybridized carbons (Fsp3) is 0.185. The van der Waals surface area contributed by atoms with Gasteiger partial charge in [-0.05, 0) is 47.9 Å². The number of rotatable bonds is 7. The van der Waals surface area contributed by atoms with E-state index in [4.69, 9.17) is 9.88 Å². The van der Waals surface area contributed by atoms with Gasteiger partial charge in [-0.3, -0.25) is 14.5 Å². The minimum Gasteiger partial charge on any atom is -0.507 e. The molecule has 3 N–H and O–H groups in total. The summed E-state index contributed by atoms with van der Waals surface area (Å²) in [7, 11) is -3.94. The Labute approximate surface area is 209 Å². The number of ether oxygens (including phenoxy) is 1. The van der Waals surface area contributed by atoms with Gasteiger partial charge in [-0.1, -0.05) is 56.3 Å². The lowest BCUT2D eigenvalue weighted by atomic mass is 9.95. The Kier molecular flexibility index (Phi) is 6.96. The predicted octanol–water partition coefficient (Wildman–Crippen LogP) is 4.00. The third kappa shape index (κ3) is 5.02. The summed E-state index contributed by atoms with van der Waals surface area (Å²) in [5.74, 6) is -1.21. The number of hydrogen-bond acceptors (Lipinski definition) is 6. The Bertz CT molecular complexity index is 1430. The highest BCUT2D eigenvalue weighted by Gasteiger charge is 2.47. The Morgan fingerprint density at radius 2 is 1.67 bits per heavy atom. The summed E-state index contributed by atoms with van der Waals surface area (Å²) < 4.78 is 29.1. The van der Waals surface area contributed by atoms with E-state index in [0.29, 0.717) is 29.4 Å². The van der Waals surface area contributed by atoms with Gasteiger partial charge in [0.05, 0.1) is 23.1 Å². The van der Waals surface area contributed by atoms with Crippen LogP contribution in [0.1, 0.15) is 31.0 Å². The van der Waals surface area contributed by atoms with Crippen LogP contribution < -0.4 is 14.8 Å². The second-order valence-corrected chi connectivity index (χ2v) is 10.4. The Hall–Kier alpha value is -3.95. The molecule has 0 aromatic heterocycles. The van der Waals surface area contributed by atoms with Crippen LogP contribution in [0.25, 0.3) is 5.76 Å². The van der Waals surface area contributed by atoms with Crippen molar-refractivity contribution in [2.24, 2.45) is 11.1 Å². The maximum atomic E-state index is 13.3. The summed E-state index contributed by atoms with van der Waals surface area (Å²) in [4.78, 5) is 27.6. The van der Waals surface area contributed by atoms with Crippen molar-refractivity contribution in [2.75, 3.05) is 11.5 Å². The molecule has 0 bridgehead atoms. The van der Waals surface area contributed by atoms with Crippen molar-refractivity contribution in [1.29, 1.82) is 0 Å². The number of nitrogens with zero attached hydrogens (tertiary/aromatic N) is 1. The molecule has 186 valence electrons. The number of nitrogens with two attached hydrogens (primary N) is 1. The number of carbonyl (C=O) groups excluding carboxylic acids is 2. The topological polar surface area (TPSA) is 127 Å². The Morgan fingerprint density at radius 3 is 2.28 bits per heavy atom. The molecular weight excluding hydrogens is 480 g/mol. The van der Waals surface area contributed by atoms with E-state index in [9.17, 15) is 23.1 Å². The molecular formula is C27H26N2O6S. The van der Waals surface area contributed by atoms with Crippen molar-refractivity contribution >= 4 is 33.2 Å². The molecule has 4 rings (SSSR count). The van der Waals surface area contributed by atoms with E-state index in [1.807, 2.05) is 13.8 Å². The molecule has 1 saturated heterocycles. The summed E-state index contributed by atoms with van der Waals surface area (Å²) in [6, 6.07) is 19.9. The van der Waals surface area contributed by atoms with Gasteiger partial charge in [0.25, 0.3) is 11.7 Å². The maximum absolute atomic E-state index is 13.3. The number of sulfonamides is 1. The summed E-state index contributed by atoms with van der Waals surface area (Å²) in [6.07, 6.45) is 0. The molecule has 1 fully saturated rings. The Morgan fingerprint density at radius 1 is 1.00 bits per heavy atom. The van der Waals surface area contributed by atoms with Gasteiger partial charge in [0, 0.05) is 11.3 Å². The molecule has 3 aromatic carbocycles. The normalized spacial score (nSPS) is 17.6. The van der Waals surface area contributed by atoms with Gasteiger partial charge in [-0.25, -0.2) is 13.6 Å². The van der Waals surface area contributed by atoms with Gasteiger partial charge in [0.15, 0.2) is 0 Å². The van der Waals surface area contributed by atoms with E-state index in [1.54, 1.807) is 54.6 Å². The van der Waals surface area contributed by atoms with Gasteiger partial charge in [0.1, 0.15) is 11.5 Å². The van der Waals surface area contributed by atoms with Crippen molar-refractivity contribution < 1.29 is 27.9 Å². The van der Waals surface area contributed by atoms with Crippen LogP contribution in [0.4, 0.5) is 5.69 Å². The highest BCUT2D eigenvalue weighted by atomic mass is 32.2. The van der Waals surface area contributed by atoms with Crippen molar-refractivity contribution in [3.05, 3.63) is 95.6 Å². The molecule has 0 spiro atoms. The van der Waals surface area contributed by atoms with Crippen molar-refractivity contribution in [3.8, 4) is 5.75 Å². The van der Waals surface area contributed by atoms with Crippen molar-refractivity contribution in [1.82, 2.24) is 0 Å². The fourth-order valence-electron chi connectivity index (χ4n) is 4.00. The smallest absolute Gasteiger partial charge is 0.300 e. The first-order valence-corrected chi connectivity index (χ1v) is 12.8. The molecule has 1 atom stereocenters. The van der Waals surface area contributed by atoms with Gasteiger partial charge >= 0.3 is 0 Å². The summed E-state index contributed by atoms with van der Waals surface area (Å²) in [5.41, 5.74) is 1.13. The first kappa shape index (κ1) is 25.2. The number of primary sulfonamides is 1. The van der Waals surface area contributed by atoms with E-state index in [0.717, 1.165) is 0 Å². The summed E-state index contributed by atoms with van der Waals surface area (Å²) >= 11 is 0. The molecule has 8 nitrogen and oxygen atoms in total. The number of benzene rings is 3. The third-order valence-electron chi connectivity index (χ3n) is 5.69. The molecule has 9 heteroatoms. The largest absolute Gasteiger partial charge is 0.507 e. The molecule has 36 heavy (non-hydrogen) atoms. The number of ketones is 1. The first-order chi connectivity index (χ1) is 17.1. The molecule has 1 amide bonds. The maximum Gasteiger partial charge on any atom is 0.300 e. The predicted molar refractivity (Wildman–Crippen MR) is 136 cm³/mol. The van der Waals surface area contributed by atoms with Gasteiger partial charge < -0.3 is 9.84 Å². The highest BCUT2D eigenvalue weighted by Crippen LogP contribution is 2.42. The summed E-state index contributed by atoms with van der Waals surface area (Å²) in [6.45, 7) is 4.51. The number of Topliss-reactive ketones (excluding diaryl/α,β-unsaturated/α-hetero) is 1. The number of amides is 1. The quantitative estimate of drug-likeness (QED) is 0.283. The second kappa shape index (κ2) is 9.96. The third-order valence-corrected chi connectivity index (χ3v) is 6.62. The minimum atomic E-state index is -3.94. The number of hydrogen-bond donors (Lipinski definition) is 2. The van der Waals surface area contributed by atoms with Crippen LogP contribution in [-0.4, -0.2) is 31.8 Å². The van der Waals surface area contributed by atoms with Gasteiger partial charge in [-0.15, -0.1) is 0 Å². The van der Waals surface area contributed by atoms with Crippen molar-refractivity contribution in [2.45, 2.75) is 24.8 Å². The van der Waals surface area contributed by atoms with Gasteiger partial charge in [-0.2, -0.15) is 0 Å². The average molecular weight is 507 g/mol. The van der Waals surface area contributed by atoms with Gasteiger partial charge in [0.2, 0.25) is 10.0 Å². The lowest BCUT2D eigenvalue weighted by Gasteiger charge is -2.25. The lowest BCUT2D eigenvalue weighted by Crippen LogP contribution is -2.29. The Balaban J connectivity index is 1.84. The number of carbonyl (C=O) groups is 2. The zero-order valence-corrected chi connectivity index (χ0v) is 20.6. The molecule has 0 aliphatic carbocycles. The van der Waals surface area contributed by atoms with Crippen LogP contribution in [0.15, 0.2) is 89.3 Å². The minimum absolute atomic E-state index is 0.0808. The number of anilines is 1. The average Bonchev–Trinajstić information content (AvgIpc) is 3.13. The summed E-state index contributed by atoms with van der Waals surface area (Å²) in [5, 5.41) is 16.5. The SMILES string of the molecule is CC(C)COc1cccc(/C(O)=C2\C(=O)C(=O)N(c3ccc(S(N)(=O)=O)cc3)C2c2ccccc2)c1. The van der Waals surface area contributed by atoms with E-state index >= 15 is 0 Å². The molecule has 1 unspecified atom stereocenters. The molecule has 1 aliphatic rings. The van der Waals surface area contributed by atoms with Crippen LogP contribution >= 0.6 is 0 Å². The van der Waals surface area contributed by atoms with Crippen LogP contribution in [0.2, 0.25) is 0 Å². The van der Waals surface area contributed by atoms with Crippen molar-refractivity contribution in [3.63, 3.8) is 0 Å². The number of aliphatic hydroxyl groups is 1. The zero-order valence-electron chi connectivity index (χ0n) is 19.8. The number of aliphatic hydroxyl groups excluding tert-OH is 1. The lowest BCUT2D eigenvalue weighted by molar-refractivity contribution is -0.132. The van der Waals surface area contributed by atoms with E-state index in [1.165, 1.54) is 29.2 Å². The highest BCUT2D eigenvalue weighted by molar-refractivity contribution is 7.89. The van der Waals surface area contributed by atoms with Crippen LogP contribution in [0.5, 0.6) is 5.75 Å².